The van der Waals surface area contributed by atoms with Gasteiger partial charge in [-0.1, -0.05) is 29.3 Å². The molecule has 8 heteroatoms. The third kappa shape index (κ3) is 2.81. The average molecular weight is 295 g/mol. The first-order chi connectivity index (χ1) is 7.57. The van der Waals surface area contributed by atoms with E-state index < -0.39 is 28.8 Å². The van der Waals surface area contributed by atoms with E-state index >= 15 is 0 Å². The maximum Gasteiger partial charge on any atom is 0.456 e. The lowest BCUT2D eigenvalue weighted by atomic mass is 10.0. The van der Waals surface area contributed by atoms with Gasteiger partial charge in [0.05, 0.1) is 0 Å². The van der Waals surface area contributed by atoms with Crippen molar-refractivity contribution in [2.45, 2.75) is 18.2 Å². The Hall–Kier alpha value is -0.590. The average Bonchev–Trinajstić information content (AvgIpc) is 2.14. The fraction of sp³-hybridized carbons (Fsp3) is 0.333. The standard InChI is InChI=1S/C9H5Cl2F5O/c10-4-1-2-5(6(11)3-4)7(17)8(12,13)9(14,15)16/h1-3,7,17H. The van der Waals surface area contributed by atoms with Gasteiger partial charge in [-0.15, -0.1) is 0 Å². The van der Waals surface area contributed by atoms with Crippen molar-refractivity contribution in [3.05, 3.63) is 33.8 Å². The molecule has 0 amide bonds. The largest absolute Gasteiger partial charge is 0.456 e. The molecular weight excluding hydrogens is 290 g/mol. The van der Waals surface area contributed by atoms with Crippen LogP contribution in [0.15, 0.2) is 18.2 Å². The van der Waals surface area contributed by atoms with Crippen LogP contribution in [-0.4, -0.2) is 17.2 Å². The Morgan fingerprint density at radius 1 is 1.06 bits per heavy atom. The summed E-state index contributed by atoms with van der Waals surface area (Å²) in [6.45, 7) is 0. The maximum atomic E-state index is 12.8. The minimum Gasteiger partial charge on any atom is -0.382 e. The van der Waals surface area contributed by atoms with Crippen molar-refractivity contribution >= 4 is 23.2 Å². The van der Waals surface area contributed by atoms with E-state index in [1.54, 1.807) is 0 Å². The van der Waals surface area contributed by atoms with Crippen LogP contribution in [-0.2, 0) is 0 Å². The second kappa shape index (κ2) is 4.59. The van der Waals surface area contributed by atoms with Crippen LogP contribution in [0.4, 0.5) is 22.0 Å². The van der Waals surface area contributed by atoms with Crippen molar-refractivity contribution in [3.63, 3.8) is 0 Å². The van der Waals surface area contributed by atoms with Crippen LogP contribution in [0.2, 0.25) is 10.0 Å². The molecule has 0 aliphatic rings. The molecule has 1 aromatic carbocycles. The zero-order valence-corrected chi connectivity index (χ0v) is 9.41. The number of aliphatic hydroxyl groups excluding tert-OH is 1. The predicted molar refractivity (Wildman–Crippen MR) is 52.4 cm³/mol. The van der Waals surface area contributed by atoms with E-state index in [1.165, 1.54) is 0 Å². The molecule has 0 spiro atoms. The van der Waals surface area contributed by atoms with Crippen LogP contribution in [0.25, 0.3) is 0 Å². The Labute approximate surface area is 103 Å². The number of halogens is 7. The van der Waals surface area contributed by atoms with E-state index in [1.807, 2.05) is 0 Å². The molecule has 1 unspecified atom stereocenters. The summed E-state index contributed by atoms with van der Waals surface area (Å²) in [7, 11) is 0. The molecule has 1 nitrogen and oxygen atoms in total. The molecule has 0 heterocycles. The number of rotatable bonds is 2. The summed E-state index contributed by atoms with van der Waals surface area (Å²) >= 11 is 10.9. The molecule has 1 aromatic rings. The number of alkyl halides is 5. The summed E-state index contributed by atoms with van der Waals surface area (Å²) in [5.74, 6) is -5.29. The Bertz CT molecular complexity index is 418. The van der Waals surface area contributed by atoms with Crippen LogP contribution in [0.5, 0.6) is 0 Å². The Morgan fingerprint density at radius 2 is 1.59 bits per heavy atom. The van der Waals surface area contributed by atoms with Gasteiger partial charge >= 0.3 is 12.1 Å². The predicted octanol–water partition coefficient (Wildman–Crippen LogP) is 4.22. The van der Waals surface area contributed by atoms with Gasteiger partial charge in [-0.3, -0.25) is 0 Å². The van der Waals surface area contributed by atoms with E-state index in [0.717, 1.165) is 18.2 Å². The third-order valence-electron chi connectivity index (χ3n) is 1.98. The van der Waals surface area contributed by atoms with E-state index in [2.05, 4.69) is 0 Å². The minimum atomic E-state index is -5.87. The Morgan fingerprint density at radius 3 is 2.00 bits per heavy atom. The molecule has 1 atom stereocenters. The van der Waals surface area contributed by atoms with Crippen molar-refractivity contribution in [2.24, 2.45) is 0 Å². The molecule has 0 radical (unpaired) electrons. The minimum absolute atomic E-state index is 0.0567. The highest BCUT2D eigenvalue weighted by molar-refractivity contribution is 6.35. The quantitative estimate of drug-likeness (QED) is 0.810. The van der Waals surface area contributed by atoms with Gasteiger partial charge in [-0.25, -0.2) is 0 Å². The first-order valence-corrected chi connectivity index (χ1v) is 4.90. The molecule has 1 rings (SSSR count). The Kier molecular flexibility index (Phi) is 3.91. The lowest BCUT2D eigenvalue weighted by Crippen LogP contribution is -2.42. The third-order valence-corrected chi connectivity index (χ3v) is 2.54. The van der Waals surface area contributed by atoms with Gasteiger partial charge in [-0.2, -0.15) is 22.0 Å². The van der Waals surface area contributed by atoms with Crippen LogP contribution in [0, 0.1) is 0 Å². The zero-order valence-electron chi connectivity index (χ0n) is 7.90. The van der Waals surface area contributed by atoms with Crippen LogP contribution in [0.3, 0.4) is 0 Å². The molecule has 0 saturated carbocycles. The van der Waals surface area contributed by atoms with Crippen molar-refractivity contribution in [1.82, 2.24) is 0 Å². The van der Waals surface area contributed by atoms with E-state index in [-0.39, 0.29) is 5.02 Å². The molecule has 0 aliphatic heterocycles. The number of hydrogen-bond donors (Lipinski definition) is 1. The topological polar surface area (TPSA) is 20.2 Å². The first-order valence-electron chi connectivity index (χ1n) is 4.15. The lowest BCUT2D eigenvalue weighted by molar-refractivity contribution is -0.315. The summed E-state index contributed by atoms with van der Waals surface area (Å²) in [4.78, 5) is 0. The molecule has 96 valence electrons. The molecule has 0 fully saturated rings. The van der Waals surface area contributed by atoms with Crippen LogP contribution >= 0.6 is 23.2 Å². The lowest BCUT2D eigenvalue weighted by Gasteiger charge is -2.25. The molecule has 0 saturated heterocycles. The fourth-order valence-corrected chi connectivity index (χ4v) is 1.59. The van der Waals surface area contributed by atoms with Crippen molar-refractivity contribution < 1.29 is 27.1 Å². The summed E-state index contributed by atoms with van der Waals surface area (Å²) in [5, 5.41) is 8.65. The van der Waals surface area contributed by atoms with Crippen LogP contribution in [0.1, 0.15) is 11.7 Å². The number of benzene rings is 1. The van der Waals surface area contributed by atoms with Gasteiger partial charge in [-0.05, 0) is 12.1 Å². The van der Waals surface area contributed by atoms with E-state index in [9.17, 15) is 22.0 Å². The highest BCUT2D eigenvalue weighted by Crippen LogP contribution is 2.45. The molecule has 1 N–H and O–H groups in total. The van der Waals surface area contributed by atoms with Crippen molar-refractivity contribution in [2.75, 3.05) is 0 Å². The molecule has 0 aromatic heterocycles. The molecule has 17 heavy (non-hydrogen) atoms. The molecular formula is C9H5Cl2F5O. The summed E-state index contributed by atoms with van der Waals surface area (Å²) in [6.07, 6.45) is -8.94. The monoisotopic (exact) mass is 294 g/mol. The number of aliphatic hydroxyl groups is 1. The fourth-order valence-electron chi connectivity index (χ4n) is 1.07. The summed E-state index contributed by atoms with van der Waals surface area (Å²) in [6, 6.07) is 2.83. The van der Waals surface area contributed by atoms with Crippen molar-refractivity contribution in [1.29, 1.82) is 0 Å². The zero-order chi connectivity index (χ0) is 13.4. The highest BCUT2D eigenvalue weighted by atomic mass is 35.5. The second-order valence-electron chi connectivity index (χ2n) is 3.19. The van der Waals surface area contributed by atoms with Crippen molar-refractivity contribution in [3.8, 4) is 0 Å². The van der Waals surface area contributed by atoms with E-state index in [4.69, 9.17) is 28.3 Å². The smallest absolute Gasteiger partial charge is 0.382 e. The van der Waals surface area contributed by atoms with Gasteiger partial charge in [0.15, 0.2) is 6.10 Å². The van der Waals surface area contributed by atoms with E-state index in [0.29, 0.717) is 0 Å². The van der Waals surface area contributed by atoms with Gasteiger partial charge in [0.1, 0.15) is 0 Å². The normalized spacial score (nSPS) is 14.8. The van der Waals surface area contributed by atoms with Gasteiger partial charge in [0, 0.05) is 15.6 Å². The Balaban J connectivity index is 3.17. The van der Waals surface area contributed by atoms with Gasteiger partial charge in [0.2, 0.25) is 0 Å². The van der Waals surface area contributed by atoms with Gasteiger partial charge < -0.3 is 5.11 Å². The van der Waals surface area contributed by atoms with Crippen LogP contribution < -0.4 is 0 Å². The highest BCUT2D eigenvalue weighted by Gasteiger charge is 2.62. The SMILES string of the molecule is OC(c1ccc(Cl)cc1Cl)C(F)(F)C(F)(F)F. The second-order valence-corrected chi connectivity index (χ2v) is 4.03. The van der Waals surface area contributed by atoms with Gasteiger partial charge in [0.25, 0.3) is 0 Å². The summed E-state index contributed by atoms with van der Waals surface area (Å²) < 4.78 is 61.7. The first kappa shape index (κ1) is 14.5. The summed E-state index contributed by atoms with van der Waals surface area (Å²) in [5.41, 5.74) is -0.738. The molecule has 0 bridgehead atoms. The molecule has 0 aliphatic carbocycles. The maximum absolute atomic E-state index is 12.8. The number of hydrogen-bond acceptors (Lipinski definition) is 1.